The van der Waals surface area contributed by atoms with Crippen LogP contribution in [0.1, 0.15) is 45.4 Å². The number of nitrogens with one attached hydrogen (secondary N) is 1. The molecule has 0 aliphatic rings. The van der Waals surface area contributed by atoms with Crippen LogP contribution in [0.3, 0.4) is 0 Å². The normalized spacial score (nSPS) is 11.4. The molecule has 0 aliphatic carbocycles. The fourth-order valence-electron chi connectivity index (χ4n) is 1.50. The lowest BCUT2D eigenvalue weighted by Gasteiger charge is -2.12. The van der Waals surface area contributed by atoms with E-state index in [-0.39, 0.29) is 11.7 Å². The maximum Gasteiger partial charge on any atom is 0.451 e. The van der Waals surface area contributed by atoms with E-state index in [1.54, 1.807) is 0 Å². The van der Waals surface area contributed by atoms with Crippen LogP contribution < -0.4 is 10.1 Å². The molecule has 0 fully saturated rings. The van der Waals surface area contributed by atoms with Crippen molar-refractivity contribution in [3.8, 4) is 5.88 Å². The standard InChI is InChI=1S/C13H20F3N3O/c1-3-5-6-8-20-11-9-10(17-7-4-2)18-12(19-11)13(14,15)16/h9H,3-8H2,1-2H3,(H,17,18,19). The number of hydrogen-bond acceptors (Lipinski definition) is 4. The number of hydrogen-bond donors (Lipinski definition) is 1. The fourth-order valence-corrected chi connectivity index (χ4v) is 1.50. The van der Waals surface area contributed by atoms with Gasteiger partial charge in [-0.3, -0.25) is 0 Å². The highest BCUT2D eigenvalue weighted by Gasteiger charge is 2.35. The molecule has 0 atom stereocenters. The molecule has 0 bridgehead atoms. The van der Waals surface area contributed by atoms with Crippen molar-refractivity contribution in [3.63, 3.8) is 0 Å². The van der Waals surface area contributed by atoms with Crippen molar-refractivity contribution >= 4 is 5.82 Å². The van der Waals surface area contributed by atoms with Gasteiger partial charge in [0.05, 0.1) is 6.61 Å². The molecule has 1 aromatic rings. The van der Waals surface area contributed by atoms with Gasteiger partial charge in [0.25, 0.3) is 0 Å². The van der Waals surface area contributed by atoms with E-state index in [0.717, 1.165) is 25.7 Å². The number of halogens is 3. The molecule has 1 N–H and O–H groups in total. The highest BCUT2D eigenvalue weighted by Crippen LogP contribution is 2.28. The van der Waals surface area contributed by atoms with E-state index in [4.69, 9.17) is 4.74 Å². The number of aromatic nitrogens is 2. The lowest BCUT2D eigenvalue weighted by molar-refractivity contribution is -0.145. The molecule has 20 heavy (non-hydrogen) atoms. The first-order chi connectivity index (χ1) is 9.47. The lowest BCUT2D eigenvalue weighted by Crippen LogP contribution is -2.14. The van der Waals surface area contributed by atoms with Gasteiger partial charge in [0, 0.05) is 12.6 Å². The van der Waals surface area contributed by atoms with Crippen LogP contribution in [0.4, 0.5) is 19.0 Å². The number of anilines is 1. The number of ether oxygens (including phenoxy) is 1. The van der Waals surface area contributed by atoms with Crippen LogP contribution in [0, 0.1) is 0 Å². The van der Waals surface area contributed by atoms with Gasteiger partial charge < -0.3 is 10.1 Å². The topological polar surface area (TPSA) is 47.0 Å². The summed E-state index contributed by atoms with van der Waals surface area (Å²) in [5.74, 6) is -1.08. The van der Waals surface area contributed by atoms with E-state index in [1.165, 1.54) is 6.07 Å². The molecule has 1 heterocycles. The van der Waals surface area contributed by atoms with Gasteiger partial charge in [0.15, 0.2) is 0 Å². The zero-order valence-corrected chi connectivity index (χ0v) is 11.8. The molecule has 7 heteroatoms. The van der Waals surface area contributed by atoms with E-state index in [2.05, 4.69) is 15.3 Å². The summed E-state index contributed by atoms with van der Waals surface area (Å²) >= 11 is 0. The van der Waals surface area contributed by atoms with Gasteiger partial charge >= 0.3 is 6.18 Å². The molecule has 0 unspecified atom stereocenters. The number of rotatable bonds is 8. The van der Waals surface area contributed by atoms with E-state index < -0.39 is 12.0 Å². The Morgan fingerprint density at radius 1 is 1.15 bits per heavy atom. The Hall–Kier alpha value is -1.53. The first-order valence-corrected chi connectivity index (χ1v) is 6.80. The molecule has 0 aromatic carbocycles. The smallest absolute Gasteiger partial charge is 0.451 e. The zero-order valence-electron chi connectivity index (χ0n) is 11.8. The third-order valence-corrected chi connectivity index (χ3v) is 2.51. The first kappa shape index (κ1) is 16.5. The molecule has 114 valence electrons. The van der Waals surface area contributed by atoms with Crippen LogP contribution in [0.15, 0.2) is 6.07 Å². The Morgan fingerprint density at radius 2 is 1.90 bits per heavy atom. The van der Waals surface area contributed by atoms with Crippen LogP contribution in [-0.4, -0.2) is 23.1 Å². The molecule has 0 spiro atoms. The molecule has 4 nitrogen and oxygen atoms in total. The fraction of sp³-hybridized carbons (Fsp3) is 0.692. The molecule has 1 aromatic heterocycles. The number of nitrogens with zero attached hydrogens (tertiary/aromatic N) is 2. The average molecular weight is 291 g/mol. The Kier molecular flexibility index (Phi) is 6.54. The first-order valence-electron chi connectivity index (χ1n) is 6.80. The van der Waals surface area contributed by atoms with Gasteiger partial charge in [0.2, 0.25) is 11.7 Å². The molecular formula is C13H20F3N3O. The SMILES string of the molecule is CCCCCOc1cc(NCCC)nc(C(F)(F)F)n1. The molecule has 0 amide bonds. The monoisotopic (exact) mass is 291 g/mol. The summed E-state index contributed by atoms with van der Waals surface area (Å²) in [6.07, 6.45) is -1.01. The summed E-state index contributed by atoms with van der Waals surface area (Å²) in [4.78, 5) is 6.87. The Balaban J connectivity index is 2.80. The van der Waals surface area contributed by atoms with Gasteiger partial charge in [-0.2, -0.15) is 18.2 Å². The third-order valence-electron chi connectivity index (χ3n) is 2.51. The summed E-state index contributed by atoms with van der Waals surface area (Å²) in [6, 6.07) is 1.40. The Bertz CT molecular complexity index is 410. The zero-order chi connectivity index (χ0) is 15.0. The number of unbranched alkanes of at least 4 members (excludes halogenated alkanes) is 2. The molecule has 1 rings (SSSR count). The predicted molar refractivity (Wildman–Crippen MR) is 70.8 cm³/mol. The Labute approximate surface area is 116 Å². The maximum atomic E-state index is 12.7. The number of alkyl halides is 3. The summed E-state index contributed by atoms with van der Waals surface area (Å²) in [5, 5.41) is 2.82. The molecule has 0 aliphatic heterocycles. The highest BCUT2D eigenvalue weighted by atomic mass is 19.4. The van der Waals surface area contributed by atoms with Crippen LogP contribution in [0.5, 0.6) is 5.88 Å². The molecule has 0 saturated carbocycles. The van der Waals surface area contributed by atoms with Gasteiger partial charge in [-0.05, 0) is 12.8 Å². The van der Waals surface area contributed by atoms with Gasteiger partial charge in [0.1, 0.15) is 5.82 Å². The Morgan fingerprint density at radius 3 is 2.50 bits per heavy atom. The summed E-state index contributed by atoms with van der Waals surface area (Å²) in [6.45, 7) is 4.86. The van der Waals surface area contributed by atoms with Crippen molar-refractivity contribution in [2.24, 2.45) is 0 Å². The third kappa shape index (κ3) is 5.63. The van der Waals surface area contributed by atoms with Crippen molar-refractivity contribution in [1.82, 2.24) is 9.97 Å². The second-order valence-corrected chi connectivity index (χ2v) is 4.40. The summed E-state index contributed by atoms with van der Waals surface area (Å²) in [7, 11) is 0. The van der Waals surface area contributed by atoms with E-state index in [1.807, 2.05) is 13.8 Å². The van der Waals surface area contributed by atoms with Crippen molar-refractivity contribution in [3.05, 3.63) is 11.9 Å². The highest BCUT2D eigenvalue weighted by molar-refractivity contribution is 5.38. The van der Waals surface area contributed by atoms with Crippen molar-refractivity contribution in [2.75, 3.05) is 18.5 Å². The minimum Gasteiger partial charge on any atom is -0.478 e. The van der Waals surface area contributed by atoms with E-state index in [9.17, 15) is 13.2 Å². The average Bonchev–Trinajstić information content (AvgIpc) is 2.40. The molecular weight excluding hydrogens is 271 g/mol. The minimum absolute atomic E-state index is 0.0398. The largest absolute Gasteiger partial charge is 0.478 e. The van der Waals surface area contributed by atoms with Crippen LogP contribution in [-0.2, 0) is 6.18 Å². The molecule has 0 radical (unpaired) electrons. The minimum atomic E-state index is -4.58. The van der Waals surface area contributed by atoms with Gasteiger partial charge in [-0.25, -0.2) is 4.98 Å². The van der Waals surface area contributed by atoms with E-state index >= 15 is 0 Å². The lowest BCUT2D eigenvalue weighted by atomic mass is 10.3. The summed E-state index contributed by atoms with van der Waals surface area (Å²) in [5.41, 5.74) is 0. The van der Waals surface area contributed by atoms with Crippen LogP contribution in [0.2, 0.25) is 0 Å². The van der Waals surface area contributed by atoms with Crippen LogP contribution in [0.25, 0.3) is 0 Å². The summed E-state index contributed by atoms with van der Waals surface area (Å²) < 4.78 is 43.4. The van der Waals surface area contributed by atoms with Crippen LogP contribution >= 0.6 is 0 Å². The van der Waals surface area contributed by atoms with E-state index in [0.29, 0.717) is 13.2 Å². The second-order valence-electron chi connectivity index (χ2n) is 4.40. The van der Waals surface area contributed by atoms with Gasteiger partial charge in [-0.1, -0.05) is 26.7 Å². The predicted octanol–water partition coefficient (Wildman–Crippen LogP) is 3.89. The molecule has 0 saturated heterocycles. The van der Waals surface area contributed by atoms with Crippen molar-refractivity contribution in [1.29, 1.82) is 0 Å². The second kappa shape index (κ2) is 7.91. The van der Waals surface area contributed by atoms with Crippen molar-refractivity contribution < 1.29 is 17.9 Å². The van der Waals surface area contributed by atoms with Gasteiger partial charge in [-0.15, -0.1) is 0 Å². The quantitative estimate of drug-likeness (QED) is 0.738. The maximum absolute atomic E-state index is 12.7. The van der Waals surface area contributed by atoms with Crippen molar-refractivity contribution in [2.45, 2.75) is 45.7 Å².